The standard InChI is InChI=1S/C19H42N.C4H4N2.BrH/c1-5-6-7-8-9-10-11-12-13-14-15-16-17-18-19-20(2,3)4;1-2-5-4-6-3-1;/h5-19H2,1-4H3;1-4H;1H/q+1;;/p-1. The van der Waals surface area contributed by atoms with Gasteiger partial charge in [0.15, 0.2) is 0 Å². The number of unbranched alkanes of at least 4 members (excludes halogenated alkanes) is 13. The lowest BCUT2D eigenvalue weighted by Crippen LogP contribution is -3.00. The number of hydrogen-bond acceptors (Lipinski definition) is 2. The van der Waals surface area contributed by atoms with Crippen LogP contribution in [0.2, 0.25) is 0 Å². The van der Waals surface area contributed by atoms with E-state index in [0.29, 0.717) is 0 Å². The van der Waals surface area contributed by atoms with Gasteiger partial charge in [0.1, 0.15) is 6.33 Å². The van der Waals surface area contributed by atoms with Crippen molar-refractivity contribution in [3.63, 3.8) is 0 Å². The molecule has 0 aliphatic carbocycles. The van der Waals surface area contributed by atoms with Gasteiger partial charge in [0.25, 0.3) is 0 Å². The lowest BCUT2D eigenvalue weighted by atomic mass is 10.0. The summed E-state index contributed by atoms with van der Waals surface area (Å²) in [5.74, 6) is 0. The molecule has 0 saturated heterocycles. The van der Waals surface area contributed by atoms with Crippen LogP contribution < -0.4 is 17.0 Å². The van der Waals surface area contributed by atoms with E-state index < -0.39 is 0 Å². The summed E-state index contributed by atoms with van der Waals surface area (Å²) < 4.78 is 1.12. The van der Waals surface area contributed by atoms with Gasteiger partial charge in [-0.05, 0) is 18.9 Å². The first-order valence-electron chi connectivity index (χ1n) is 11.1. The minimum Gasteiger partial charge on any atom is -1.00 e. The van der Waals surface area contributed by atoms with E-state index >= 15 is 0 Å². The molecule has 0 bridgehead atoms. The van der Waals surface area contributed by atoms with Gasteiger partial charge in [0.2, 0.25) is 0 Å². The van der Waals surface area contributed by atoms with Gasteiger partial charge in [0, 0.05) is 12.4 Å². The van der Waals surface area contributed by atoms with E-state index in [9.17, 15) is 0 Å². The third-order valence-electron chi connectivity index (χ3n) is 4.66. The fraction of sp³-hybridized carbons (Fsp3) is 0.826. The van der Waals surface area contributed by atoms with Gasteiger partial charge in [-0.25, -0.2) is 9.97 Å². The van der Waals surface area contributed by atoms with Gasteiger partial charge in [0.05, 0.1) is 27.7 Å². The number of hydrogen-bond donors (Lipinski definition) is 0. The Morgan fingerprint density at radius 2 is 0.963 bits per heavy atom. The predicted molar refractivity (Wildman–Crippen MR) is 115 cm³/mol. The summed E-state index contributed by atoms with van der Waals surface area (Å²) in [5.41, 5.74) is 0. The average molecular weight is 445 g/mol. The first-order valence-corrected chi connectivity index (χ1v) is 11.1. The van der Waals surface area contributed by atoms with Crippen LogP contribution in [0.5, 0.6) is 0 Å². The minimum atomic E-state index is 0. The summed E-state index contributed by atoms with van der Waals surface area (Å²) in [6.45, 7) is 3.63. The summed E-state index contributed by atoms with van der Waals surface area (Å²) >= 11 is 0. The van der Waals surface area contributed by atoms with Crippen molar-refractivity contribution in [1.82, 2.24) is 9.97 Å². The molecule has 160 valence electrons. The molecule has 0 N–H and O–H groups in total. The van der Waals surface area contributed by atoms with Crippen LogP contribution in [0.1, 0.15) is 96.8 Å². The Hall–Kier alpha value is -0.480. The monoisotopic (exact) mass is 443 g/mol. The van der Waals surface area contributed by atoms with Gasteiger partial charge in [-0.1, -0.05) is 84.0 Å². The van der Waals surface area contributed by atoms with E-state index in [0.717, 1.165) is 4.48 Å². The summed E-state index contributed by atoms with van der Waals surface area (Å²) in [6.07, 6.45) is 25.2. The zero-order valence-corrected chi connectivity index (χ0v) is 20.2. The molecule has 1 aromatic rings. The third kappa shape index (κ3) is 27.8. The molecule has 0 radical (unpaired) electrons. The van der Waals surface area contributed by atoms with Crippen molar-refractivity contribution in [1.29, 1.82) is 0 Å². The highest BCUT2D eigenvalue weighted by Gasteiger charge is 2.04. The van der Waals surface area contributed by atoms with Crippen LogP contribution in [0.15, 0.2) is 24.8 Å². The van der Waals surface area contributed by atoms with Crippen LogP contribution in [0, 0.1) is 0 Å². The van der Waals surface area contributed by atoms with Crippen molar-refractivity contribution in [2.24, 2.45) is 0 Å². The largest absolute Gasteiger partial charge is 1.00 e. The zero-order valence-electron chi connectivity index (χ0n) is 18.6. The number of halogens is 1. The maximum absolute atomic E-state index is 3.67. The average Bonchev–Trinajstić information content (AvgIpc) is 2.63. The molecular weight excluding hydrogens is 398 g/mol. The third-order valence-corrected chi connectivity index (χ3v) is 4.66. The van der Waals surface area contributed by atoms with E-state index in [4.69, 9.17) is 0 Å². The summed E-state index contributed by atoms with van der Waals surface area (Å²) in [6, 6.07) is 1.78. The van der Waals surface area contributed by atoms with Crippen LogP contribution in [-0.4, -0.2) is 42.1 Å². The quantitative estimate of drug-likeness (QED) is 0.305. The number of nitrogens with zero attached hydrogens (tertiary/aromatic N) is 3. The first kappa shape index (κ1) is 28.7. The molecule has 0 atom stereocenters. The van der Waals surface area contributed by atoms with Crippen LogP contribution >= 0.6 is 0 Å². The highest BCUT2D eigenvalue weighted by molar-refractivity contribution is 4.74. The fourth-order valence-electron chi connectivity index (χ4n) is 3.03. The van der Waals surface area contributed by atoms with Crippen LogP contribution in [-0.2, 0) is 0 Å². The Bertz CT molecular complexity index is 339. The molecule has 0 spiro atoms. The Balaban J connectivity index is 0. The Labute approximate surface area is 180 Å². The lowest BCUT2D eigenvalue weighted by molar-refractivity contribution is -0.870. The molecule has 0 unspecified atom stereocenters. The van der Waals surface area contributed by atoms with Gasteiger partial charge < -0.3 is 21.5 Å². The van der Waals surface area contributed by atoms with E-state index in [2.05, 4.69) is 38.0 Å². The number of quaternary nitrogens is 1. The lowest BCUT2D eigenvalue weighted by Gasteiger charge is -2.23. The molecule has 1 rings (SSSR count). The van der Waals surface area contributed by atoms with Crippen molar-refractivity contribution >= 4 is 0 Å². The molecule has 0 amide bonds. The maximum Gasteiger partial charge on any atom is 0.115 e. The van der Waals surface area contributed by atoms with Gasteiger partial charge in [-0.3, -0.25) is 0 Å². The molecule has 1 heterocycles. The fourth-order valence-corrected chi connectivity index (χ4v) is 3.03. The summed E-state index contributed by atoms with van der Waals surface area (Å²) in [5, 5.41) is 0. The van der Waals surface area contributed by atoms with E-state index in [1.807, 2.05) is 0 Å². The Kier molecular flexibility index (Phi) is 23.2. The Morgan fingerprint density at radius 1 is 0.593 bits per heavy atom. The number of rotatable bonds is 15. The van der Waals surface area contributed by atoms with Gasteiger partial charge >= 0.3 is 0 Å². The Morgan fingerprint density at radius 3 is 1.22 bits per heavy atom. The molecule has 0 saturated carbocycles. The van der Waals surface area contributed by atoms with Crippen molar-refractivity contribution in [3.8, 4) is 0 Å². The topological polar surface area (TPSA) is 25.8 Å². The molecular formula is C23H46BrN3. The molecule has 3 nitrogen and oxygen atoms in total. The number of aromatic nitrogens is 2. The first-order chi connectivity index (χ1) is 12.6. The minimum absolute atomic E-state index is 0. The molecule has 0 aliphatic rings. The maximum atomic E-state index is 3.67. The molecule has 0 aromatic carbocycles. The summed E-state index contributed by atoms with van der Waals surface area (Å²) in [7, 11) is 6.88. The smallest absolute Gasteiger partial charge is 0.115 e. The molecule has 4 heteroatoms. The van der Waals surface area contributed by atoms with Crippen molar-refractivity contribution in [2.75, 3.05) is 27.7 Å². The van der Waals surface area contributed by atoms with Crippen LogP contribution in [0.3, 0.4) is 0 Å². The van der Waals surface area contributed by atoms with E-state index in [1.165, 1.54) is 103 Å². The van der Waals surface area contributed by atoms with Crippen molar-refractivity contribution in [3.05, 3.63) is 24.8 Å². The van der Waals surface area contributed by atoms with Crippen molar-refractivity contribution < 1.29 is 21.5 Å². The second-order valence-electron chi connectivity index (χ2n) is 8.51. The molecule has 1 aromatic heterocycles. The SMILES string of the molecule is CCCCCCCCCCCCCCCC[N+](C)(C)C.[Br-].c1cncnc1. The zero-order chi connectivity index (χ0) is 19.3. The highest BCUT2D eigenvalue weighted by Crippen LogP contribution is 2.13. The second kappa shape index (κ2) is 21.8. The molecule has 27 heavy (non-hydrogen) atoms. The second-order valence-corrected chi connectivity index (χ2v) is 8.51. The van der Waals surface area contributed by atoms with Crippen LogP contribution in [0.4, 0.5) is 0 Å². The highest BCUT2D eigenvalue weighted by atomic mass is 79.9. The molecule has 0 aliphatic heterocycles. The van der Waals surface area contributed by atoms with E-state index in [1.54, 1.807) is 18.5 Å². The van der Waals surface area contributed by atoms with Gasteiger partial charge in [-0.2, -0.15) is 0 Å². The molecule has 0 fully saturated rings. The van der Waals surface area contributed by atoms with Gasteiger partial charge in [-0.15, -0.1) is 0 Å². The summed E-state index contributed by atoms with van der Waals surface area (Å²) in [4.78, 5) is 7.35. The normalized spacial score (nSPS) is 10.7. The van der Waals surface area contributed by atoms with E-state index in [-0.39, 0.29) is 17.0 Å². The van der Waals surface area contributed by atoms with Crippen molar-refractivity contribution in [2.45, 2.75) is 96.8 Å². The predicted octanol–water partition coefficient (Wildman–Crippen LogP) is 3.65. The van der Waals surface area contributed by atoms with Crippen LogP contribution in [0.25, 0.3) is 0 Å².